The molecule has 3 heteroatoms. The number of nitrogens with two attached hydrogens (primary N) is 1. The lowest BCUT2D eigenvalue weighted by Gasteiger charge is -2.15. The van der Waals surface area contributed by atoms with Crippen LogP contribution in [-0.4, -0.2) is 11.1 Å². The van der Waals surface area contributed by atoms with Gasteiger partial charge in [0.05, 0.1) is 0 Å². The maximum atomic E-state index is 5.73. The first-order chi connectivity index (χ1) is 8.67. The van der Waals surface area contributed by atoms with Crippen LogP contribution in [-0.2, 0) is 13.1 Å². The Morgan fingerprint density at radius 3 is 2.67 bits per heavy atom. The summed E-state index contributed by atoms with van der Waals surface area (Å²) in [6.45, 7) is 9.10. The number of hydrogen-bond acceptors (Lipinski definition) is 2. The first-order valence-electron chi connectivity index (χ1n) is 6.71. The van der Waals surface area contributed by atoms with Crippen LogP contribution in [0.1, 0.15) is 38.1 Å². The molecule has 0 saturated carbocycles. The van der Waals surface area contributed by atoms with Gasteiger partial charge in [-0.2, -0.15) is 0 Å². The molecular weight excluding hydrogens is 222 g/mol. The molecule has 0 saturated heterocycles. The Morgan fingerprint density at radius 1 is 1.28 bits per heavy atom. The third kappa shape index (κ3) is 2.42. The molecule has 0 amide bonds. The molecule has 1 aromatic carbocycles. The summed E-state index contributed by atoms with van der Waals surface area (Å²) in [6.07, 6.45) is 0. The molecule has 1 heterocycles. The summed E-state index contributed by atoms with van der Waals surface area (Å²) in [7, 11) is 0. The summed E-state index contributed by atoms with van der Waals surface area (Å²) in [5.41, 5.74) is 9.56. The monoisotopic (exact) mass is 245 g/mol. The van der Waals surface area contributed by atoms with E-state index < -0.39 is 0 Å². The van der Waals surface area contributed by atoms with Crippen molar-refractivity contribution in [1.29, 1.82) is 0 Å². The van der Waals surface area contributed by atoms with Crippen LogP contribution in [0, 0.1) is 0 Å². The number of fused-ring (bicyclic) bond motifs is 1. The molecule has 3 N–H and O–H groups in total. The van der Waals surface area contributed by atoms with Crippen molar-refractivity contribution in [2.24, 2.45) is 5.73 Å². The minimum Gasteiger partial charge on any atom is -0.341 e. The Morgan fingerprint density at radius 2 is 2.06 bits per heavy atom. The highest BCUT2D eigenvalue weighted by atomic mass is 15.0. The summed E-state index contributed by atoms with van der Waals surface area (Å²) in [5.74, 6) is 0. The molecule has 0 atom stereocenters. The zero-order valence-corrected chi connectivity index (χ0v) is 11.5. The van der Waals surface area contributed by atoms with Crippen molar-refractivity contribution in [2.75, 3.05) is 6.54 Å². The van der Waals surface area contributed by atoms with Gasteiger partial charge in [-0.05, 0) is 43.5 Å². The lowest BCUT2D eigenvalue weighted by atomic mass is 10.1. The molecule has 2 rings (SSSR count). The van der Waals surface area contributed by atoms with E-state index in [9.17, 15) is 0 Å². The van der Waals surface area contributed by atoms with E-state index in [1.54, 1.807) is 0 Å². The molecule has 0 aliphatic rings. The van der Waals surface area contributed by atoms with Crippen LogP contribution in [0.4, 0.5) is 0 Å². The second-order valence-corrected chi connectivity index (χ2v) is 4.98. The molecule has 0 radical (unpaired) electrons. The van der Waals surface area contributed by atoms with Crippen LogP contribution in [0.3, 0.4) is 0 Å². The predicted octanol–water partition coefficient (Wildman–Crippen LogP) is 2.79. The molecule has 0 unspecified atom stereocenters. The molecular formula is C15H23N3. The standard InChI is InChI=1S/C15H23N3/c1-4-17-10-14-8-13-6-5-12(9-16)7-15(13)18(14)11(2)3/h5-8,11,17H,4,9-10,16H2,1-3H3. The fraction of sp³-hybridized carbons (Fsp3) is 0.467. The maximum absolute atomic E-state index is 5.73. The molecule has 0 bridgehead atoms. The van der Waals surface area contributed by atoms with E-state index in [4.69, 9.17) is 5.73 Å². The third-order valence-corrected chi connectivity index (χ3v) is 3.29. The highest BCUT2D eigenvalue weighted by molar-refractivity contribution is 5.82. The Bertz CT molecular complexity index is 526. The largest absolute Gasteiger partial charge is 0.341 e. The van der Waals surface area contributed by atoms with Crippen LogP contribution < -0.4 is 11.1 Å². The van der Waals surface area contributed by atoms with Crippen molar-refractivity contribution in [2.45, 2.75) is 39.9 Å². The highest BCUT2D eigenvalue weighted by Crippen LogP contribution is 2.25. The molecule has 18 heavy (non-hydrogen) atoms. The van der Waals surface area contributed by atoms with Crippen LogP contribution in [0.15, 0.2) is 24.3 Å². The fourth-order valence-corrected chi connectivity index (χ4v) is 2.45. The van der Waals surface area contributed by atoms with Gasteiger partial charge in [-0.15, -0.1) is 0 Å². The van der Waals surface area contributed by atoms with Gasteiger partial charge in [0, 0.05) is 30.3 Å². The van der Waals surface area contributed by atoms with Gasteiger partial charge < -0.3 is 15.6 Å². The molecule has 98 valence electrons. The van der Waals surface area contributed by atoms with Crippen molar-refractivity contribution in [3.05, 3.63) is 35.5 Å². The number of aromatic nitrogens is 1. The Kier molecular flexibility index (Phi) is 4.04. The van der Waals surface area contributed by atoms with Crippen molar-refractivity contribution < 1.29 is 0 Å². The first-order valence-corrected chi connectivity index (χ1v) is 6.71. The van der Waals surface area contributed by atoms with E-state index in [0.29, 0.717) is 12.6 Å². The fourth-order valence-electron chi connectivity index (χ4n) is 2.45. The number of hydrogen-bond donors (Lipinski definition) is 2. The van der Waals surface area contributed by atoms with Gasteiger partial charge in [0.15, 0.2) is 0 Å². The summed E-state index contributed by atoms with van der Waals surface area (Å²) in [4.78, 5) is 0. The van der Waals surface area contributed by atoms with E-state index in [-0.39, 0.29) is 0 Å². The van der Waals surface area contributed by atoms with Gasteiger partial charge >= 0.3 is 0 Å². The van der Waals surface area contributed by atoms with Gasteiger partial charge in [-0.25, -0.2) is 0 Å². The predicted molar refractivity (Wildman–Crippen MR) is 77.6 cm³/mol. The molecule has 0 aliphatic heterocycles. The molecule has 0 fully saturated rings. The first kappa shape index (κ1) is 13.1. The third-order valence-electron chi connectivity index (χ3n) is 3.29. The number of rotatable bonds is 5. The van der Waals surface area contributed by atoms with Crippen LogP contribution in [0.5, 0.6) is 0 Å². The van der Waals surface area contributed by atoms with E-state index >= 15 is 0 Å². The van der Waals surface area contributed by atoms with E-state index in [1.165, 1.54) is 22.2 Å². The Labute approximate surface area is 109 Å². The van der Waals surface area contributed by atoms with Gasteiger partial charge in [0.1, 0.15) is 0 Å². The maximum Gasteiger partial charge on any atom is 0.0488 e. The number of nitrogens with one attached hydrogen (secondary N) is 1. The summed E-state index contributed by atoms with van der Waals surface area (Å²) < 4.78 is 2.40. The lowest BCUT2D eigenvalue weighted by molar-refractivity contribution is 0.572. The zero-order valence-electron chi connectivity index (χ0n) is 11.5. The normalized spacial score (nSPS) is 11.6. The van der Waals surface area contributed by atoms with Gasteiger partial charge in [-0.1, -0.05) is 19.1 Å². The Hall–Kier alpha value is -1.32. The van der Waals surface area contributed by atoms with Gasteiger partial charge in [0.25, 0.3) is 0 Å². The number of nitrogens with zero attached hydrogens (tertiary/aromatic N) is 1. The molecule has 3 nitrogen and oxygen atoms in total. The highest BCUT2D eigenvalue weighted by Gasteiger charge is 2.11. The average molecular weight is 245 g/mol. The van der Waals surface area contributed by atoms with Crippen molar-refractivity contribution in [3.8, 4) is 0 Å². The summed E-state index contributed by atoms with van der Waals surface area (Å²) in [5, 5.41) is 4.70. The van der Waals surface area contributed by atoms with Crippen molar-refractivity contribution in [1.82, 2.24) is 9.88 Å². The quantitative estimate of drug-likeness (QED) is 0.850. The number of benzene rings is 1. The lowest BCUT2D eigenvalue weighted by Crippen LogP contribution is -2.16. The van der Waals surface area contributed by atoms with Crippen molar-refractivity contribution in [3.63, 3.8) is 0 Å². The molecule has 1 aromatic heterocycles. The SMILES string of the molecule is CCNCc1cc2ccc(CN)cc2n1C(C)C. The minimum absolute atomic E-state index is 0.462. The van der Waals surface area contributed by atoms with Crippen LogP contribution in [0.25, 0.3) is 10.9 Å². The molecule has 0 aliphatic carbocycles. The van der Waals surface area contributed by atoms with Gasteiger partial charge in [-0.3, -0.25) is 0 Å². The smallest absolute Gasteiger partial charge is 0.0488 e. The summed E-state index contributed by atoms with van der Waals surface area (Å²) in [6, 6.07) is 9.24. The van der Waals surface area contributed by atoms with E-state index in [0.717, 1.165) is 13.1 Å². The average Bonchev–Trinajstić information content (AvgIpc) is 2.73. The molecule has 2 aromatic rings. The second-order valence-electron chi connectivity index (χ2n) is 4.98. The molecule has 0 spiro atoms. The van der Waals surface area contributed by atoms with Gasteiger partial charge in [0.2, 0.25) is 0 Å². The van der Waals surface area contributed by atoms with Crippen molar-refractivity contribution >= 4 is 10.9 Å². The summed E-state index contributed by atoms with van der Waals surface area (Å²) >= 11 is 0. The second kappa shape index (κ2) is 5.55. The van der Waals surface area contributed by atoms with E-state index in [2.05, 4.69) is 54.9 Å². The zero-order chi connectivity index (χ0) is 13.1. The van der Waals surface area contributed by atoms with Crippen LogP contribution in [0.2, 0.25) is 0 Å². The topological polar surface area (TPSA) is 43.0 Å². The minimum atomic E-state index is 0.462. The van der Waals surface area contributed by atoms with E-state index in [1.807, 2.05) is 0 Å². The Balaban J connectivity index is 2.53. The van der Waals surface area contributed by atoms with Crippen LogP contribution >= 0.6 is 0 Å².